The third-order valence-electron chi connectivity index (χ3n) is 9.31. The van der Waals surface area contributed by atoms with Crippen LogP contribution < -0.4 is 0 Å². The maximum Gasteiger partial charge on any atom is -0.0172 e. The summed E-state index contributed by atoms with van der Waals surface area (Å²) in [6.07, 6.45) is 14.7. The molecule has 0 aliphatic heterocycles. The second-order valence-electron chi connectivity index (χ2n) is 10.8. The number of rotatable bonds is 2. The van der Waals surface area contributed by atoms with Gasteiger partial charge in [-0.05, 0) is 104 Å². The second kappa shape index (κ2) is 6.17. The van der Waals surface area contributed by atoms with Crippen LogP contribution in [0.4, 0.5) is 0 Å². The van der Waals surface area contributed by atoms with Gasteiger partial charge in [-0.15, -0.1) is 0 Å². The summed E-state index contributed by atoms with van der Waals surface area (Å²) in [4.78, 5) is 0. The molecule has 0 radical (unpaired) electrons. The molecular formula is C24H40. The van der Waals surface area contributed by atoms with Crippen LogP contribution >= 0.6 is 0 Å². The minimum atomic E-state index is 0.663. The summed E-state index contributed by atoms with van der Waals surface area (Å²) >= 11 is 0. The lowest BCUT2D eigenvalue weighted by Crippen LogP contribution is -2.46. The fourth-order valence-electron chi connectivity index (χ4n) is 8.01. The van der Waals surface area contributed by atoms with E-state index in [1.165, 1.54) is 51.4 Å². The molecule has 4 rings (SSSR count). The van der Waals surface area contributed by atoms with Gasteiger partial charge >= 0.3 is 0 Å². The molecule has 0 saturated heterocycles. The van der Waals surface area contributed by atoms with E-state index < -0.39 is 0 Å². The van der Waals surface area contributed by atoms with Crippen molar-refractivity contribution in [3.8, 4) is 0 Å². The van der Waals surface area contributed by atoms with Crippen molar-refractivity contribution in [2.45, 2.75) is 86.0 Å². The molecule has 7 atom stereocenters. The fraction of sp³-hybridized carbons (Fsp3) is 0.917. The molecule has 4 aliphatic rings. The van der Waals surface area contributed by atoms with Gasteiger partial charge in [-0.3, -0.25) is 0 Å². The van der Waals surface area contributed by atoms with E-state index in [9.17, 15) is 0 Å². The Hall–Kier alpha value is -0.260. The van der Waals surface area contributed by atoms with Crippen molar-refractivity contribution in [3.05, 3.63) is 11.6 Å². The third kappa shape index (κ3) is 2.53. The Kier molecular flexibility index (Phi) is 4.41. The van der Waals surface area contributed by atoms with Crippen LogP contribution in [-0.2, 0) is 0 Å². The average molecular weight is 329 g/mol. The van der Waals surface area contributed by atoms with E-state index in [4.69, 9.17) is 0 Å². The zero-order valence-corrected chi connectivity index (χ0v) is 16.9. The van der Waals surface area contributed by atoms with Gasteiger partial charge in [0.1, 0.15) is 0 Å². The lowest BCUT2D eigenvalue weighted by atomic mass is 9.50. The molecule has 0 amide bonds. The van der Waals surface area contributed by atoms with Gasteiger partial charge in [-0.25, -0.2) is 0 Å². The first-order valence-electron chi connectivity index (χ1n) is 11.1. The molecular weight excluding hydrogens is 288 g/mol. The Morgan fingerprint density at radius 2 is 1.71 bits per heavy atom. The van der Waals surface area contributed by atoms with Gasteiger partial charge in [-0.2, -0.15) is 0 Å². The fourth-order valence-corrected chi connectivity index (χ4v) is 8.01. The molecule has 0 heteroatoms. The minimum Gasteiger partial charge on any atom is -0.0847 e. The van der Waals surface area contributed by atoms with Crippen molar-refractivity contribution in [3.63, 3.8) is 0 Å². The summed E-state index contributed by atoms with van der Waals surface area (Å²) in [7, 11) is 0. The SMILES string of the molecule is CC(C)C1CCC2C(=CCC3C2CCC2(C)C(C(C)C)CCC32)C1. The quantitative estimate of drug-likeness (QED) is 0.474. The highest BCUT2D eigenvalue weighted by atomic mass is 14.6. The molecule has 0 N–H and O–H groups in total. The predicted molar refractivity (Wildman–Crippen MR) is 104 cm³/mol. The summed E-state index contributed by atoms with van der Waals surface area (Å²) in [5.41, 5.74) is 2.55. The summed E-state index contributed by atoms with van der Waals surface area (Å²) in [6, 6.07) is 0. The molecule has 7 unspecified atom stereocenters. The molecule has 0 aromatic rings. The first kappa shape index (κ1) is 17.2. The number of fused-ring (bicyclic) bond motifs is 5. The summed E-state index contributed by atoms with van der Waals surface area (Å²) < 4.78 is 0. The molecule has 0 nitrogen and oxygen atoms in total. The minimum absolute atomic E-state index is 0.663. The van der Waals surface area contributed by atoms with E-state index in [0.717, 1.165) is 47.3 Å². The molecule has 0 bridgehead atoms. The first-order valence-corrected chi connectivity index (χ1v) is 11.1. The highest BCUT2D eigenvalue weighted by Crippen LogP contribution is 2.64. The van der Waals surface area contributed by atoms with Crippen LogP contribution in [0.15, 0.2) is 11.6 Å². The molecule has 0 aromatic heterocycles. The maximum atomic E-state index is 2.74. The Balaban J connectivity index is 1.55. The van der Waals surface area contributed by atoms with Crippen molar-refractivity contribution in [1.82, 2.24) is 0 Å². The highest BCUT2D eigenvalue weighted by Gasteiger charge is 2.56. The van der Waals surface area contributed by atoms with Crippen LogP contribution in [0.3, 0.4) is 0 Å². The molecule has 0 aromatic carbocycles. The van der Waals surface area contributed by atoms with Crippen LogP contribution in [0.2, 0.25) is 0 Å². The highest BCUT2D eigenvalue weighted by molar-refractivity contribution is 5.20. The van der Waals surface area contributed by atoms with Gasteiger partial charge in [0.05, 0.1) is 0 Å². The Bertz CT molecular complexity index is 498. The number of allylic oxidation sites excluding steroid dienone is 2. The monoisotopic (exact) mass is 328 g/mol. The van der Waals surface area contributed by atoms with Crippen LogP contribution in [0, 0.1) is 52.8 Å². The van der Waals surface area contributed by atoms with Crippen LogP contribution in [-0.4, -0.2) is 0 Å². The van der Waals surface area contributed by atoms with Crippen molar-refractivity contribution in [1.29, 1.82) is 0 Å². The lowest BCUT2D eigenvalue weighted by Gasteiger charge is -2.54. The van der Waals surface area contributed by atoms with Gasteiger partial charge in [0.2, 0.25) is 0 Å². The van der Waals surface area contributed by atoms with Gasteiger partial charge < -0.3 is 0 Å². The number of hydrogen-bond donors (Lipinski definition) is 0. The summed E-state index contributed by atoms with van der Waals surface area (Å²) in [6.45, 7) is 12.5. The Labute approximate surface area is 150 Å². The van der Waals surface area contributed by atoms with E-state index in [2.05, 4.69) is 40.7 Å². The van der Waals surface area contributed by atoms with E-state index in [-0.39, 0.29) is 0 Å². The average Bonchev–Trinajstić information content (AvgIpc) is 2.91. The van der Waals surface area contributed by atoms with Gasteiger partial charge in [-0.1, -0.05) is 46.3 Å². The van der Waals surface area contributed by atoms with Crippen molar-refractivity contribution < 1.29 is 0 Å². The van der Waals surface area contributed by atoms with Gasteiger partial charge in [0, 0.05) is 0 Å². The summed E-state index contributed by atoms with van der Waals surface area (Å²) in [5.74, 6) is 7.79. The van der Waals surface area contributed by atoms with E-state index in [1.54, 1.807) is 0 Å². The lowest BCUT2D eigenvalue weighted by molar-refractivity contribution is -0.0242. The van der Waals surface area contributed by atoms with Crippen LogP contribution in [0.1, 0.15) is 86.0 Å². The molecule has 4 aliphatic carbocycles. The van der Waals surface area contributed by atoms with E-state index >= 15 is 0 Å². The molecule has 0 spiro atoms. The third-order valence-corrected chi connectivity index (χ3v) is 9.31. The smallest absolute Gasteiger partial charge is 0.0172 e. The molecule has 3 fully saturated rings. The van der Waals surface area contributed by atoms with Crippen LogP contribution in [0.25, 0.3) is 0 Å². The molecule has 136 valence electrons. The van der Waals surface area contributed by atoms with Crippen molar-refractivity contribution in [2.24, 2.45) is 52.8 Å². The molecule has 24 heavy (non-hydrogen) atoms. The van der Waals surface area contributed by atoms with Crippen molar-refractivity contribution >= 4 is 0 Å². The van der Waals surface area contributed by atoms with Gasteiger partial charge in [0.15, 0.2) is 0 Å². The van der Waals surface area contributed by atoms with E-state index in [1.807, 2.05) is 5.57 Å². The zero-order valence-electron chi connectivity index (χ0n) is 16.9. The molecule has 0 heterocycles. The Morgan fingerprint density at radius 3 is 2.42 bits per heavy atom. The predicted octanol–water partition coefficient (Wildman–Crippen LogP) is 7.10. The molecule has 3 saturated carbocycles. The van der Waals surface area contributed by atoms with E-state index in [0.29, 0.717) is 5.41 Å². The number of hydrogen-bond acceptors (Lipinski definition) is 0. The first-order chi connectivity index (χ1) is 11.4. The topological polar surface area (TPSA) is 0 Å². The van der Waals surface area contributed by atoms with Crippen LogP contribution in [0.5, 0.6) is 0 Å². The largest absolute Gasteiger partial charge is 0.0847 e. The summed E-state index contributed by atoms with van der Waals surface area (Å²) in [5, 5.41) is 0. The van der Waals surface area contributed by atoms with Crippen molar-refractivity contribution in [2.75, 3.05) is 0 Å². The Morgan fingerprint density at radius 1 is 0.917 bits per heavy atom. The standard InChI is InChI=1S/C24H40/c1-15(2)17-6-8-19-18(14-17)7-9-21-20(19)12-13-24(5)22(16(3)4)10-11-23(21)24/h7,15-17,19-23H,6,8-14H2,1-5H3. The normalized spacial score (nSPS) is 48.0. The zero-order chi connectivity index (χ0) is 17.1. The maximum absolute atomic E-state index is 2.74. The van der Waals surface area contributed by atoms with Gasteiger partial charge in [0.25, 0.3) is 0 Å². The second-order valence-corrected chi connectivity index (χ2v) is 10.8.